The molecule has 158 valence electrons. The second-order valence-electron chi connectivity index (χ2n) is 6.88. The number of fused-ring (bicyclic) bond motifs is 1. The van der Waals surface area contributed by atoms with Gasteiger partial charge in [-0.3, -0.25) is 4.79 Å². The van der Waals surface area contributed by atoms with Gasteiger partial charge in [0.05, 0.1) is 17.3 Å². The zero-order valence-electron chi connectivity index (χ0n) is 16.7. The Bertz CT molecular complexity index is 1320. The van der Waals surface area contributed by atoms with Crippen molar-refractivity contribution in [3.63, 3.8) is 0 Å². The number of esters is 1. The third kappa shape index (κ3) is 5.01. The van der Waals surface area contributed by atoms with Crippen molar-refractivity contribution in [1.82, 2.24) is 5.43 Å². The van der Waals surface area contributed by atoms with Crippen molar-refractivity contribution in [2.45, 2.75) is 0 Å². The zero-order valence-corrected chi connectivity index (χ0v) is 18.2. The highest BCUT2D eigenvalue weighted by molar-refractivity contribution is 9.10. The largest absolute Gasteiger partial charge is 0.507 e. The smallest absolute Gasteiger partial charge is 0.343 e. The summed E-state index contributed by atoms with van der Waals surface area (Å²) < 4.78 is 6.22. The summed E-state index contributed by atoms with van der Waals surface area (Å²) in [5.74, 6) is -0.709. The highest BCUT2D eigenvalue weighted by Crippen LogP contribution is 2.24. The number of aromatic hydroxyl groups is 1. The summed E-state index contributed by atoms with van der Waals surface area (Å²) in [6.45, 7) is 0. The van der Waals surface area contributed by atoms with Gasteiger partial charge >= 0.3 is 5.97 Å². The summed E-state index contributed by atoms with van der Waals surface area (Å²) in [6.07, 6.45) is 1.45. The van der Waals surface area contributed by atoms with Crippen LogP contribution in [0.4, 0.5) is 0 Å². The van der Waals surface area contributed by atoms with E-state index in [1.807, 2.05) is 24.3 Å². The van der Waals surface area contributed by atoms with Crippen LogP contribution in [-0.4, -0.2) is 23.2 Å². The van der Waals surface area contributed by atoms with E-state index in [9.17, 15) is 14.7 Å². The SMILES string of the molecule is O=C(Oc1ccc(/C=N\NC(=O)c2cc3ccccc3cc2O)cc1)c1ccc(Br)cc1. The number of rotatable bonds is 5. The first kappa shape index (κ1) is 21.3. The molecule has 2 N–H and O–H groups in total. The minimum absolute atomic E-state index is 0.117. The van der Waals surface area contributed by atoms with Gasteiger partial charge in [0.1, 0.15) is 11.5 Å². The number of hydrogen-bond donors (Lipinski definition) is 2. The van der Waals surface area contributed by atoms with Crippen LogP contribution >= 0.6 is 15.9 Å². The van der Waals surface area contributed by atoms with E-state index in [0.29, 0.717) is 16.9 Å². The molecule has 0 aliphatic heterocycles. The standard InChI is InChI=1S/C25H17BrN2O4/c26-20-9-7-17(8-10-20)25(31)32-21-11-5-16(6-12-21)15-27-28-24(30)22-13-18-3-1-2-4-19(18)14-23(22)29/h1-15,29H,(H,28,30)/b27-15-. The van der Waals surface area contributed by atoms with Crippen LogP contribution in [0.5, 0.6) is 11.5 Å². The summed E-state index contributed by atoms with van der Waals surface area (Å²) in [4.78, 5) is 24.6. The Hall–Kier alpha value is -3.97. The van der Waals surface area contributed by atoms with E-state index in [1.54, 1.807) is 60.7 Å². The van der Waals surface area contributed by atoms with Gasteiger partial charge in [-0.05, 0) is 77.0 Å². The van der Waals surface area contributed by atoms with E-state index in [0.717, 1.165) is 15.2 Å². The number of benzene rings is 4. The molecule has 4 aromatic carbocycles. The Morgan fingerprint density at radius 2 is 1.56 bits per heavy atom. The molecule has 6 nitrogen and oxygen atoms in total. The lowest BCUT2D eigenvalue weighted by Crippen LogP contribution is -2.17. The maximum Gasteiger partial charge on any atom is 0.343 e. The fourth-order valence-corrected chi connectivity index (χ4v) is 3.27. The number of carbonyl (C=O) groups excluding carboxylic acids is 2. The number of halogens is 1. The summed E-state index contributed by atoms with van der Waals surface area (Å²) in [7, 11) is 0. The first-order valence-corrected chi connectivity index (χ1v) is 10.4. The first-order valence-electron chi connectivity index (χ1n) is 9.62. The average Bonchev–Trinajstić information content (AvgIpc) is 2.80. The minimum Gasteiger partial charge on any atom is -0.507 e. The van der Waals surface area contributed by atoms with Gasteiger partial charge in [-0.25, -0.2) is 10.2 Å². The molecule has 1 amide bonds. The van der Waals surface area contributed by atoms with E-state index < -0.39 is 11.9 Å². The molecule has 0 aliphatic rings. The van der Waals surface area contributed by atoms with Crippen molar-refractivity contribution in [3.8, 4) is 11.5 Å². The molecular weight excluding hydrogens is 472 g/mol. The van der Waals surface area contributed by atoms with Crippen molar-refractivity contribution in [3.05, 3.63) is 106 Å². The maximum atomic E-state index is 12.4. The summed E-state index contributed by atoms with van der Waals surface area (Å²) >= 11 is 3.32. The summed E-state index contributed by atoms with van der Waals surface area (Å²) in [5, 5.41) is 15.8. The Balaban J connectivity index is 1.37. The van der Waals surface area contributed by atoms with Crippen LogP contribution in [0.15, 0.2) is 94.5 Å². The molecule has 0 aliphatic carbocycles. The van der Waals surface area contributed by atoms with Gasteiger partial charge in [-0.2, -0.15) is 5.10 Å². The Kier molecular flexibility index (Phi) is 6.28. The molecule has 0 aromatic heterocycles. The summed E-state index contributed by atoms with van der Waals surface area (Å²) in [5.41, 5.74) is 3.68. The molecule has 0 saturated heterocycles. The quantitative estimate of drug-likeness (QED) is 0.173. The molecule has 32 heavy (non-hydrogen) atoms. The molecule has 0 fully saturated rings. The van der Waals surface area contributed by atoms with Crippen LogP contribution < -0.4 is 10.2 Å². The van der Waals surface area contributed by atoms with E-state index in [-0.39, 0.29) is 11.3 Å². The number of ether oxygens (including phenoxy) is 1. The normalized spacial score (nSPS) is 10.9. The van der Waals surface area contributed by atoms with E-state index in [1.165, 1.54) is 6.21 Å². The molecule has 0 bridgehead atoms. The predicted molar refractivity (Wildman–Crippen MR) is 126 cm³/mol. The highest BCUT2D eigenvalue weighted by Gasteiger charge is 2.12. The third-order valence-electron chi connectivity index (χ3n) is 4.66. The van der Waals surface area contributed by atoms with Crippen LogP contribution in [0.2, 0.25) is 0 Å². The Morgan fingerprint density at radius 3 is 2.25 bits per heavy atom. The van der Waals surface area contributed by atoms with Crippen molar-refractivity contribution < 1.29 is 19.4 Å². The van der Waals surface area contributed by atoms with Crippen LogP contribution in [0.25, 0.3) is 10.8 Å². The number of nitrogens with one attached hydrogen (secondary N) is 1. The fraction of sp³-hybridized carbons (Fsp3) is 0. The molecule has 4 rings (SSSR count). The number of hydrazone groups is 1. The van der Waals surface area contributed by atoms with Gasteiger partial charge in [-0.15, -0.1) is 0 Å². The molecule has 0 spiro atoms. The van der Waals surface area contributed by atoms with Gasteiger partial charge in [0.2, 0.25) is 0 Å². The van der Waals surface area contributed by atoms with E-state index in [4.69, 9.17) is 4.74 Å². The number of amides is 1. The molecule has 0 radical (unpaired) electrons. The predicted octanol–water partition coefficient (Wildman–Crippen LogP) is 5.29. The molecule has 0 heterocycles. The molecule has 0 atom stereocenters. The number of phenolic OH excluding ortho intramolecular Hbond substituents is 1. The lowest BCUT2D eigenvalue weighted by atomic mass is 10.1. The zero-order chi connectivity index (χ0) is 22.5. The number of nitrogens with zero attached hydrogens (tertiary/aromatic N) is 1. The number of carbonyl (C=O) groups is 2. The van der Waals surface area contributed by atoms with Gasteiger partial charge in [-0.1, -0.05) is 40.2 Å². The Labute approximate surface area is 192 Å². The second kappa shape index (κ2) is 9.45. The molecule has 7 heteroatoms. The molecular formula is C25H17BrN2O4. The van der Waals surface area contributed by atoms with Crippen molar-refractivity contribution in [2.24, 2.45) is 5.10 Å². The van der Waals surface area contributed by atoms with Crippen LogP contribution in [0.1, 0.15) is 26.3 Å². The lowest BCUT2D eigenvalue weighted by Gasteiger charge is -2.06. The van der Waals surface area contributed by atoms with Gasteiger partial charge in [0, 0.05) is 4.47 Å². The van der Waals surface area contributed by atoms with Crippen LogP contribution in [0, 0.1) is 0 Å². The minimum atomic E-state index is -0.524. The average molecular weight is 489 g/mol. The maximum absolute atomic E-state index is 12.4. The monoisotopic (exact) mass is 488 g/mol. The number of phenols is 1. The van der Waals surface area contributed by atoms with Crippen LogP contribution in [0.3, 0.4) is 0 Å². The first-order chi connectivity index (χ1) is 15.5. The lowest BCUT2D eigenvalue weighted by molar-refractivity contribution is 0.0734. The second-order valence-corrected chi connectivity index (χ2v) is 7.80. The number of hydrogen-bond acceptors (Lipinski definition) is 5. The molecule has 4 aromatic rings. The van der Waals surface area contributed by atoms with Gasteiger partial charge < -0.3 is 9.84 Å². The summed E-state index contributed by atoms with van der Waals surface area (Å²) in [6, 6.07) is 24.1. The van der Waals surface area contributed by atoms with Crippen molar-refractivity contribution >= 4 is 44.8 Å². The van der Waals surface area contributed by atoms with Gasteiger partial charge in [0.15, 0.2) is 0 Å². The van der Waals surface area contributed by atoms with E-state index in [2.05, 4.69) is 26.5 Å². The van der Waals surface area contributed by atoms with Crippen LogP contribution in [-0.2, 0) is 0 Å². The third-order valence-corrected chi connectivity index (χ3v) is 5.19. The van der Waals surface area contributed by atoms with Crippen molar-refractivity contribution in [1.29, 1.82) is 0 Å². The topological polar surface area (TPSA) is 88.0 Å². The van der Waals surface area contributed by atoms with E-state index >= 15 is 0 Å². The van der Waals surface area contributed by atoms with Crippen molar-refractivity contribution in [2.75, 3.05) is 0 Å². The Morgan fingerprint density at radius 1 is 0.906 bits per heavy atom. The fourth-order valence-electron chi connectivity index (χ4n) is 3.01. The molecule has 0 saturated carbocycles. The highest BCUT2D eigenvalue weighted by atomic mass is 79.9. The van der Waals surface area contributed by atoms with Gasteiger partial charge in [0.25, 0.3) is 5.91 Å². The molecule has 0 unspecified atom stereocenters.